The molecule has 5 rings (SSSR count). The lowest BCUT2D eigenvalue weighted by Crippen LogP contribution is -2.42. The predicted octanol–water partition coefficient (Wildman–Crippen LogP) is 3.36. The van der Waals surface area contributed by atoms with E-state index in [4.69, 9.17) is 0 Å². The van der Waals surface area contributed by atoms with Crippen LogP contribution in [0.5, 0.6) is 0 Å². The van der Waals surface area contributed by atoms with Crippen LogP contribution >= 0.6 is 0 Å². The van der Waals surface area contributed by atoms with Crippen molar-refractivity contribution in [2.75, 3.05) is 36.4 Å². The molecule has 4 heterocycles. The van der Waals surface area contributed by atoms with Crippen LogP contribution in [0.3, 0.4) is 0 Å². The van der Waals surface area contributed by atoms with E-state index in [1.54, 1.807) is 38.1 Å². The van der Waals surface area contributed by atoms with Gasteiger partial charge in [0.15, 0.2) is 5.65 Å². The van der Waals surface area contributed by atoms with Crippen molar-refractivity contribution in [3.05, 3.63) is 53.2 Å². The number of nitrogens with zero attached hydrogens (tertiary/aromatic N) is 5. The number of nitrogens with one attached hydrogen (secondary N) is 1. The number of carbonyl (C=O) groups is 2. The monoisotopic (exact) mass is 490 g/mol. The molecule has 190 valence electrons. The summed E-state index contributed by atoms with van der Waals surface area (Å²) in [5.74, 6) is 1.40. The average Bonchev–Trinajstić information content (AvgIpc) is 3.52. The Balaban J connectivity index is 1.34. The molecule has 0 spiro atoms. The molecule has 0 unspecified atom stereocenters. The molecular formula is C27H34N6O3. The van der Waals surface area contributed by atoms with Crippen LogP contribution in [-0.4, -0.2) is 62.6 Å². The molecular weight excluding hydrogens is 456 g/mol. The van der Waals surface area contributed by atoms with Gasteiger partial charge in [0.1, 0.15) is 11.6 Å². The summed E-state index contributed by atoms with van der Waals surface area (Å²) >= 11 is 0. The minimum atomic E-state index is -0.969. The first-order valence-corrected chi connectivity index (χ1v) is 12.7. The van der Waals surface area contributed by atoms with Crippen LogP contribution in [0.4, 0.5) is 11.6 Å². The molecule has 2 aromatic heterocycles. The molecule has 2 aliphatic rings. The van der Waals surface area contributed by atoms with Gasteiger partial charge in [-0.15, -0.1) is 0 Å². The molecule has 9 nitrogen and oxygen atoms in total. The topological polar surface area (TPSA) is 103 Å². The van der Waals surface area contributed by atoms with E-state index in [0.29, 0.717) is 22.9 Å². The summed E-state index contributed by atoms with van der Waals surface area (Å²) in [4.78, 5) is 34.7. The van der Waals surface area contributed by atoms with Crippen LogP contribution in [0.25, 0.3) is 5.65 Å². The average molecular weight is 491 g/mol. The summed E-state index contributed by atoms with van der Waals surface area (Å²) in [7, 11) is 0. The molecule has 2 N–H and O–H groups in total. The molecule has 0 aliphatic carbocycles. The summed E-state index contributed by atoms with van der Waals surface area (Å²) in [5.41, 5.74) is 1.75. The maximum atomic E-state index is 13.0. The molecule has 0 atom stereocenters. The van der Waals surface area contributed by atoms with Crippen molar-refractivity contribution in [2.24, 2.45) is 5.92 Å². The third-order valence-corrected chi connectivity index (χ3v) is 7.21. The summed E-state index contributed by atoms with van der Waals surface area (Å²) in [5, 5.41) is 17.7. The Morgan fingerprint density at radius 2 is 1.69 bits per heavy atom. The molecule has 2 fully saturated rings. The number of hydrogen-bond donors (Lipinski definition) is 2. The Labute approximate surface area is 211 Å². The highest BCUT2D eigenvalue weighted by molar-refractivity contribution is 6.04. The van der Waals surface area contributed by atoms with Gasteiger partial charge in [-0.05, 0) is 64.2 Å². The van der Waals surface area contributed by atoms with Gasteiger partial charge in [0, 0.05) is 49.8 Å². The lowest BCUT2D eigenvalue weighted by atomic mass is 9.95. The van der Waals surface area contributed by atoms with Gasteiger partial charge in [0.05, 0.1) is 11.3 Å². The summed E-state index contributed by atoms with van der Waals surface area (Å²) in [6.45, 7) is 8.60. The molecule has 36 heavy (non-hydrogen) atoms. The van der Waals surface area contributed by atoms with Gasteiger partial charge >= 0.3 is 0 Å². The van der Waals surface area contributed by atoms with Gasteiger partial charge in [-0.25, -0.2) is 4.98 Å². The van der Waals surface area contributed by atoms with E-state index in [1.807, 2.05) is 28.5 Å². The smallest absolute Gasteiger partial charge is 0.256 e. The van der Waals surface area contributed by atoms with Crippen LogP contribution in [0.1, 0.15) is 61.1 Å². The van der Waals surface area contributed by atoms with Crippen LogP contribution < -0.4 is 10.2 Å². The largest absolute Gasteiger partial charge is 0.386 e. The highest BCUT2D eigenvalue weighted by Crippen LogP contribution is 2.28. The second kappa shape index (κ2) is 9.54. The number of aliphatic hydroxyl groups is 1. The number of hydrogen-bond acceptors (Lipinski definition) is 6. The fourth-order valence-corrected chi connectivity index (χ4v) is 5.13. The number of amides is 2. The quantitative estimate of drug-likeness (QED) is 0.569. The van der Waals surface area contributed by atoms with E-state index in [9.17, 15) is 14.7 Å². The molecule has 0 saturated carbocycles. The molecule has 0 bridgehead atoms. The second-order valence-corrected chi connectivity index (χ2v) is 10.4. The third-order valence-electron chi connectivity index (χ3n) is 7.21. The molecule has 2 aliphatic heterocycles. The molecule has 9 heteroatoms. The fraction of sp³-hybridized carbons (Fsp3) is 0.481. The Kier molecular flexibility index (Phi) is 6.42. The summed E-state index contributed by atoms with van der Waals surface area (Å²) in [6, 6.07) is 10.7. The lowest BCUT2D eigenvalue weighted by Gasteiger charge is -2.34. The minimum absolute atomic E-state index is 0.0714. The third kappa shape index (κ3) is 4.93. The van der Waals surface area contributed by atoms with E-state index < -0.39 is 5.60 Å². The number of carbonyl (C=O) groups excluding carboxylic acids is 2. The number of benzene rings is 1. The van der Waals surface area contributed by atoms with Crippen LogP contribution in [0.2, 0.25) is 0 Å². The van der Waals surface area contributed by atoms with Crippen molar-refractivity contribution in [3.63, 3.8) is 0 Å². The number of aryl methyl sites for hydroxylation is 1. The first kappa shape index (κ1) is 24.2. The highest BCUT2D eigenvalue weighted by Gasteiger charge is 2.31. The molecule has 2 amide bonds. The maximum absolute atomic E-state index is 13.0. The number of fused-ring (bicyclic) bond motifs is 1. The Hall–Kier alpha value is -3.46. The van der Waals surface area contributed by atoms with Crippen LogP contribution in [0.15, 0.2) is 36.4 Å². The maximum Gasteiger partial charge on any atom is 0.256 e. The molecule has 2 saturated heterocycles. The Bertz CT molecular complexity index is 1260. The first-order valence-electron chi connectivity index (χ1n) is 12.7. The number of anilines is 2. The number of likely N-dealkylation sites (tertiary alicyclic amines) is 1. The standard InChI is InChI=1S/C27H34N6O3/c1-18-16-23-28-22(29-25(34)19-6-8-21(9-7-19)27(2,3)36)17-24(33(23)30-18)31-14-10-20(11-15-31)26(35)32-12-4-5-13-32/h6-9,16-17,20,36H,4-5,10-15H2,1-3H3,(H,28,29,34). The van der Waals surface area contributed by atoms with Gasteiger partial charge in [0.25, 0.3) is 5.91 Å². The second-order valence-electron chi connectivity index (χ2n) is 10.4. The lowest BCUT2D eigenvalue weighted by molar-refractivity contribution is -0.135. The summed E-state index contributed by atoms with van der Waals surface area (Å²) < 4.78 is 1.81. The van der Waals surface area contributed by atoms with Crippen molar-refractivity contribution >= 4 is 29.1 Å². The van der Waals surface area contributed by atoms with Gasteiger partial charge in [0.2, 0.25) is 5.91 Å². The predicted molar refractivity (Wildman–Crippen MR) is 138 cm³/mol. The van der Waals surface area contributed by atoms with Crippen molar-refractivity contribution < 1.29 is 14.7 Å². The van der Waals surface area contributed by atoms with Gasteiger partial charge in [-0.2, -0.15) is 9.61 Å². The zero-order chi connectivity index (χ0) is 25.4. The normalized spacial score (nSPS) is 17.1. The van der Waals surface area contributed by atoms with Crippen molar-refractivity contribution in [1.29, 1.82) is 0 Å². The zero-order valence-electron chi connectivity index (χ0n) is 21.2. The van der Waals surface area contributed by atoms with E-state index in [2.05, 4.69) is 20.3 Å². The van der Waals surface area contributed by atoms with Crippen LogP contribution in [-0.2, 0) is 10.4 Å². The first-order chi connectivity index (χ1) is 17.2. The Morgan fingerprint density at radius 1 is 1.03 bits per heavy atom. The van der Waals surface area contributed by atoms with E-state index in [0.717, 1.165) is 68.9 Å². The highest BCUT2D eigenvalue weighted by atomic mass is 16.3. The Morgan fingerprint density at radius 3 is 2.33 bits per heavy atom. The number of piperidine rings is 1. The van der Waals surface area contributed by atoms with Crippen LogP contribution in [0, 0.1) is 12.8 Å². The van der Waals surface area contributed by atoms with E-state index >= 15 is 0 Å². The molecule has 0 radical (unpaired) electrons. The fourth-order valence-electron chi connectivity index (χ4n) is 5.13. The zero-order valence-corrected chi connectivity index (χ0v) is 21.2. The number of aromatic nitrogens is 3. The minimum Gasteiger partial charge on any atom is -0.386 e. The van der Waals surface area contributed by atoms with E-state index in [1.165, 1.54) is 0 Å². The van der Waals surface area contributed by atoms with Gasteiger partial charge in [-0.3, -0.25) is 9.59 Å². The van der Waals surface area contributed by atoms with Crippen molar-refractivity contribution in [3.8, 4) is 0 Å². The molecule has 3 aromatic rings. The molecule has 1 aromatic carbocycles. The summed E-state index contributed by atoms with van der Waals surface area (Å²) in [6.07, 6.45) is 3.82. The number of rotatable bonds is 5. The van der Waals surface area contributed by atoms with Crippen molar-refractivity contribution in [2.45, 2.75) is 52.1 Å². The van der Waals surface area contributed by atoms with Gasteiger partial charge in [-0.1, -0.05) is 12.1 Å². The SMILES string of the molecule is Cc1cc2nc(NC(=O)c3ccc(C(C)(C)O)cc3)cc(N3CCC(C(=O)N4CCCC4)CC3)n2n1. The van der Waals surface area contributed by atoms with Crippen molar-refractivity contribution in [1.82, 2.24) is 19.5 Å². The van der Waals surface area contributed by atoms with Gasteiger partial charge < -0.3 is 20.2 Å². The van der Waals surface area contributed by atoms with E-state index in [-0.39, 0.29) is 11.8 Å².